The molecule has 1 atom stereocenters. The fraction of sp³-hybridized carbons (Fsp3) is 0.867. The van der Waals surface area contributed by atoms with E-state index in [1.807, 2.05) is 11.8 Å². The molecule has 0 radical (unpaired) electrons. The summed E-state index contributed by atoms with van der Waals surface area (Å²) in [5.41, 5.74) is 0. The van der Waals surface area contributed by atoms with Gasteiger partial charge in [0.15, 0.2) is 0 Å². The third kappa shape index (κ3) is 4.41. The number of hydrogen-bond acceptors (Lipinski definition) is 5. The number of ether oxygens (including phenoxy) is 1. The van der Waals surface area contributed by atoms with Gasteiger partial charge in [0.25, 0.3) is 5.91 Å². The second-order valence-electron chi connectivity index (χ2n) is 6.04. The first-order chi connectivity index (χ1) is 10.5. The van der Waals surface area contributed by atoms with Gasteiger partial charge in [0, 0.05) is 25.2 Å². The Balaban J connectivity index is 1.72. The van der Waals surface area contributed by atoms with E-state index in [1.165, 1.54) is 0 Å². The summed E-state index contributed by atoms with van der Waals surface area (Å²) in [6.07, 6.45) is 1.25. The van der Waals surface area contributed by atoms with E-state index in [0.717, 1.165) is 32.5 Å². The number of carboxylic acids is 1. The Bertz CT molecular complexity index is 398. The summed E-state index contributed by atoms with van der Waals surface area (Å²) in [4.78, 5) is 27.2. The predicted molar refractivity (Wildman–Crippen MR) is 81.7 cm³/mol. The molecular weight excluding hydrogens is 286 g/mol. The average molecular weight is 313 g/mol. The molecule has 2 N–H and O–H groups in total. The van der Waals surface area contributed by atoms with Crippen LogP contribution < -0.4 is 5.32 Å². The third-order valence-electron chi connectivity index (χ3n) is 4.61. The molecule has 0 aromatic rings. The number of hydrogen-bond donors (Lipinski definition) is 2. The Morgan fingerprint density at radius 1 is 1.36 bits per heavy atom. The van der Waals surface area contributed by atoms with Gasteiger partial charge in [0.1, 0.15) is 6.10 Å². The Hall–Kier alpha value is -1.18. The normalized spacial score (nSPS) is 29.1. The topological polar surface area (TPSA) is 82.1 Å². The maximum Gasteiger partial charge on any atom is 0.317 e. The monoisotopic (exact) mass is 313 g/mol. The first-order valence-corrected chi connectivity index (χ1v) is 8.13. The van der Waals surface area contributed by atoms with Gasteiger partial charge >= 0.3 is 5.97 Å². The van der Waals surface area contributed by atoms with Crippen molar-refractivity contribution in [3.63, 3.8) is 0 Å². The number of morpholine rings is 1. The number of nitrogens with zero attached hydrogens (tertiary/aromatic N) is 2. The van der Waals surface area contributed by atoms with Crippen LogP contribution in [0.25, 0.3) is 0 Å². The summed E-state index contributed by atoms with van der Waals surface area (Å²) in [7, 11) is 0. The van der Waals surface area contributed by atoms with E-state index in [0.29, 0.717) is 13.2 Å². The van der Waals surface area contributed by atoms with Crippen molar-refractivity contribution in [2.24, 2.45) is 0 Å². The van der Waals surface area contributed by atoms with Crippen LogP contribution in [0.3, 0.4) is 0 Å². The fourth-order valence-electron chi connectivity index (χ4n) is 3.12. The maximum absolute atomic E-state index is 12.2. The zero-order valence-electron chi connectivity index (χ0n) is 13.5. The highest BCUT2D eigenvalue weighted by atomic mass is 16.5. The van der Waals surface area contributed by atoms with Crippen LogP contribution in [0.5, 0.6) is 0 Å². The van der Waals surface area contributed by atoms with Gasteiger partial charge < -0.3 is 15.2 Å². The first-order valence-electron chi connectivity index (χ1n) is 8.13. The van der Waals surface area contributed by atoms with Gasteiger partial charge in [0.05, 0.1) is 13.2 Å². The van der Waals surface area contributed by atoms with E-state index in [9.17, 15) is 9.59 Å². The van der Waals surface area contributed by atoms with Crippen molar-refractivity contribution in [2.75, 3.05) is 39.3 Å². The molecule has 22 heavy (non-hydrogen) atoms. The summed E-state index contributed by atoms with van der Waals surface area (Å²) in [6, 6.07) is 0.395. The summed E-state index contributed by atoms with van der Waals surface area (Å²) >= 11 is 0. The van der Waals surface area contributed by atoms with E-state index in [-0.39, 0.29) is 30.6 Å². The van der Waals surface area contributed by atoms with Gasteiger partial charge in [-0.15, -0.1) is 0 Å². The highest BCUT2D eigenvalue weighted by Crippen LogP contribution is 2.25. The summed E-state index contributed by atoms with van der Waals surface area (Å²) in [5, 5.41) is 11.9. The van der Waals surface area contributed by atoms with Crippen LogP contribution in [0, 0.1) is 0 Å². The largest absolute Gasteiger partial charge is 0.480 e. The Morgan fingerprint density at radius 2 is 2.09 bits per heavy atom. The van der Waals surface area contributed by atoms with Gasteiger partial charge in [-0.05, 0) is 25.9 Å². The molecule has 1 saturated carbocycles. The van der Waals surface area contributed by atoms with E-state index in [1.54, 1.807) is 0 Å². The SMILES string of the molecule is CCN1CCOC(C(=O)NC2CC(N(CC)CC(=O)O)C2)C1. The lowest BCUT2D eigenvalue weighted by atomic mass is 9.85. The van der Waals surface area contributed by atoms with Gasteiger partial charge in [0.2, 0.25) is 0 Å². The van der Waals surface area contributed by atoms with Crippen LogP contribution in [0.4, 0.5) is 0 Å². The number of aliphatic carboxylic acids is 1. The summed E-state index contributed by atoms with van der Waals surface area (Å²) < 4.78 is 5.55. The maximum atomic E-state index is 12.2. The van der Waals surface area contributed by atoms with E-state index in [2.05, 4.69) is 17.1 Å². The number of nitrogens with one attached hydrogen (secondary N) is 1. The molecule has 1 saturated heterocycles. The molecule has 0 bridgehead atoms. The summed E-state index contributed by atoms with van der Waals surface area (Å²) in [5.74, 6) is -0.840. The summed E-state index contributed by atoms with van der Waals surface area (Å²) in [6.45, 7) is 7.89. The fourth-order valence-corrected chi connectivity index (χ4v) is 3.12. The standard InChI is InChI=1S/C15H27N3O4/c1-3-17-5-6-22-13(9-17)15(21)16-11-7-12(8-11)18(4-2)10-14(19)20/h11-13H,3-10H2,1-2H3,(H,16,21)(H,19,20). The average Bonchev–Trinajstić information content (AvgIpc) is 2.48. The highest BCUT2D eigenvalue weighted by molar-refractivity contribution is 5.81. The predicted octanol–water partition coefficient (Wildman–Crippen LogP) is -0.239. The van der Waals surface area contributed by atoms with Crippen molar-refractivity contribution < 1.29 is 19.4 Å². The highest BCUT2D eigenvalue weighted by Gasteiger charge is 2.36. The molecule has 7 nitrogen and oxygen atoms in total. The number of carboxylic acid groups (broad SMARTS) is 1. The van der Waals surface area contributed by atoms with Crippen LogP contribution in [-0.2, 0) is 14.3 Å². The van der Waals surface area contributed by atoms with Crippen LogP contribution in [0.15, 0.2) is 0 Å². The van der Waals surface area contributed by atoms with Crippen molar-refractivity contribution >= 4 is 11.9 Å². The Labute approximate surface area is 131 Å². The number of amides is 1. The van der Waals surface area contributed by atoms with Crippen LogP contribution in [-0.4, -0.2) is 84.3 Å². The lowest BCUT2D eigenvalue weighted by Crippen LogP contribution is -2.58. The number of rotatable bonds is 7. The molecule has 1 amide bonds. The van der Waals surface area contributed by atoms with E-state index >= 15 is 0 Å². The molecule has 1 heterocycles. The molecule has 2 fully saturated rings. The zero-order chi connectivity index (χ0) is 16.1. The third-order valence-corrected chi connectivity index (χ3v) is 4.61. The minimum Gasteiger partial charge on any atom is -0.480 e. The van der Waals surface area contributed by atoms with E-state index in [4.69, 9.17) is 9.84 Å². The lowest BCUT2D eigenvalue weighted by Gasteiger charge is -2.43. The van der Waals surface area contributed by atoms with Crippen LogP contribution >= 0.6 is 0 Å². The van der Waals surface area contributed by atoms with Crippen LogP contribution in [0.1, 0.15) is 26.7 Å². The zero-order valence-corrected chi connectivity index (χ0v) is 13.5. The van der Waals surface area contributed by atoms with Gasteiger partial charge in [-0.1, -0.05) is 13.8 Å². The van der Waals surface area contributed by atoms with Gasteiger partial charge in [-0.3, -0.25) is 19.4 Å². The smallest absolute Gasteiger partial charge is 0.317 e. The van der Waals surface area contributed by atoms with Gasteiger partial charge in [-0.25, -0.2) is 0 Å². The minimum atomic E-state index is -0.801. The van der Waals surface area contributed by atoms with E-state index < -0.39 is 5.97 Å². The molecule has 7 heteroatoms. The number of carbonyl (C=O) groups is 2. The van der Waals surface area contributed by atoms with Crippen molar-refractivity contribution in [2.45, 2.75) is 44.9 Å². The molecule has 126 valence electrons. The van der Waals surface area contributed by atoms with Crippen molar-refractivity contribution in [3.8, 4) is 0 Å². The molecule has 2 rings (SSSR count). The van der Waals surface area contributed by atoms with Crippen molar-refractivity contribution in [1.29, 1.82) is 0 Å². The molecule has 1 aliphatic carbocycles. The second-order valence-corrected chi connectivity index (χ2v) is 6.04. The minimum absolute atomic E-state index is 0.0390. The molecular formula is C15H27N3O4. The van der Waals surface area contributed by atoms with Gasteiger partial charge in [-0.2, -0.15) is 0 Å². The Morgan fingerprint density at radius 3 is 2.68 bits per heavy atom. The number of carbonyl (C=O) groups excluding carboxylic acids is 1. The van der Waals surface area contributed by atoms with Crippen LogP contribution in [0.2, 0.25) is 0 Å². The lowest BCUT2D eigenvalue weighted by molar-refractivity contribution is -0.142. The second kappa shape index (κ2) is 7.89. The van der Waals surface area contributed by atoms with Crippen molar-refractivity contribution in [3.05, 3.63) is 0 Å². The molecule has 0 aromatic heterocycles. The molecule has 0 spiro atoms. The Kier molecular flexibility index (Phi) is 6.16. The van der Waals surface area contributed by atoms with Crippen molar-refractivity contribution in [1.82, 2.24) is 15.1 Å². The molecule has 0 aromatic carbocycles. The first kappa shape index (κ1) is 17.2. The number of likely N-dealkylation sites (N-methyl/N-ethyl adjacent to an activating group) is 2. The molecule has 1 unspecified atom stereocenters. The molecule has 1 aliphatic heterocycles. The quantitative estimate of drug-likeness (QED) is 0.675. The molecule has 2 aliphatic rings.